The van der Waals surface area contributed by atoms with Gasteiger partial charge in [0.15, 0.2) is 5.82 Å². The summed E-state index contributed by atoms with van der Waals surface area (Å²) in [6.45, 7) is 1.81. The van der Waals surface area contributed by atoms with E-state index >= 15 is 0 Å². The molecular weight excluding hydrogens is 258 g/mol. The van der Waals surface area contributed by atoms with Crippen molar-refractivity contribution < 1.29 is 4.52 Å². The fourth-order valence-electron chi connectivity index (χ4n) is 1.22. The number of nitrogens with two attached hydrogens (primary N) is 1. The Labute approximate surface area is 109 Å². The Morgan fingerprint density at radius 3 is 3.00 bits per heavy atom. The van der Waals surface area contributed by atoms with Crippen LogP contribution in [0.1, 0.15) is 24.7 Å². The van der Waals surface area contributed by atoms with Gasteiger partial charge in [0.1, 0.15) is 0 Å². The number of thioether (sulfide) groups is 1. The minimum Gasteiger partial charge on any atom is -0.338 e. The minimum atomic E-state index is -0.229. The molecule has 1 aromatic carbocycles. The highest BCUT2D eigenvalue weighted by Gasteiger charge is 2.10. The second-order valence-corrected chi connectivity index (χ2v) is 5.07. The summed E-state index contributed by atoms with van der Waals surface area (Å²) < 4.78 is 5.01. The first kappa shape index (κ1) is 12.4. The van der Waals surface area contributed by atoms with Crippen LogP contribution in [0.3, 0.4) is 0 Å². The number of benzene rings is 1. The Hall–Kier alpha value is -1.04. The Bertz CT molecular complexity index is 501. The van der Waals surface area contributed by atoms with Crippen molar-refractivity contribution in [3.8, 4) is 0 Å². The van der Waals surface area contributed by atoms with E-state index in [0.717, 1.165) is 9.92 Å². The van der Waals surface area contributed by atoms with Crippen molar-refractivity contribution in [2.24, 2.45) is 5.73 Å². The molecule has 0 unspecified atom stereocenters. The summed E-state index contributed by atoms with van der Waals surface area (Å²) in [6, 6.07) is 7.41. The maximum Gasteiger partial charge on any atom is 0.243 e. The van der Waals surface area contributed by atoms with E-state index < -0.39 is 0 Å². The zero-order valence-corrected chi connectivity index (χ0v) is 10.8. The van der Waals surface area contributed by atoms with E-state index in [-0.39, 0.29) is 6.04 Å². The molecule has 6 heteroatoms. The van der Waals surface area contributed by atoms with Gasteiger partial charge in [0.2, 0.25) is 5.89 Å². The molecule has 0 amide bonds. The maximum absolute atomic E-state index is 5.89. The molecule has 17 heavy (non-hydrogen) atoms. The van der Waals surface area contributed by atoms with Gasteiger partial charge >= 0.3 is 0 Å². The summed E-state index contributed by atoms with van der Waals surface area (Å²) in [5.41, 5.74) is 5.63. The van der Waals surface area contributed by atoms with Gasteiger partial charge in [0, 0.05) is 9.92 Å². The third-order valence-corrected chi connectivity index (χ3v) is 3.26. The number of hydrogen-bond acceptors (Lipinski definition) is 5. The van der Waals surface area contributed by atoms with Gasteiger partial charge in [-0.25, -0.2) is 0 Å². The molecule has 4 nitrogen and oxygen atoms in total. The highest BCUT2D eigenvalue weighted by molar-refractivity contribution is 7.98. The van der Waals surface area contributed by atoms with Crippen molar-refractivity contribution in [2.45, 2.75) is 23.6 Å². The molecule has 2 aromatic rings. The van der Waals surface area contributed by atoms with Crippen molar-refractivity contribution in [2.75, 3.05) is 0 Å². The number of aromatic nitrogens is 2. The van der Waals surface area contributed by atoms with E-state index in [9.17, 15) is 0 Å². The zero-order chi connectivity index (χ0) is 12.3. The Balaban J connectivity index is 1.97. The number of halogens is 1. The summed E-state index contributed by atoms with van der Waals surface area (Å²) in [7, 11) is 0. The van der Waals surface area contributed by atoms with Crippen LogP contribution in [0.2, 0.25) is 5.02 Å². The van der Waals surface area contributed by atoms with Crippen LogP contribution in [-0.4, -0.2) is 10.1 Å². The summed E-state index contributed by atoms with van der Waals surface area (Å²) in [5, 5.41) is 4.58. The predicted octanol–water partition coefficient (Wildman–Crippen LogP) is 3.04. The van der Waals surface area contributed by atoms with Crippen molar-refractivity contribution in [3.63, 3.8) is 0 Å². The molecule has 2 N–H and O–H groups in total. The second kappa shape index (κ2) is 5.53. The topological polar surface area (TPSA) is 64.9 Å². The van der Waals surface area contributed by atoms with Crippen molar-refractivity contribution in [3.05, 3.63) is 41.0 Å². The molecule has 0 saturated heterocycles. The smallest absolute Gasteiger partial charge is 0.243 e. The van der Waals surface area contributed by atoms with E-state index in [2.05, 4.69) is 10.1 Å². The molecule has 1 aromatic heterocycles. The number of nitrogens with zero attached hydrogens (tertiary/aromatic N) is 2. The van der Waals surface area contributed by atoms with Crippen LogP contribution in [0.25, 0.3) is 0 Å². The van der Waals surface area contributed by atoms with Crippen molar-refractivity contribution in [1.29, 1.82) is 0 Å². The van der Waals surface area contributed by atoms with Crippen LogP contribution in [-0.2, 0) is 5.75 Å². The molecule has 0 aliphatic heterocycles. The fraction of sp³-hybridized carbons (Fsp3) is 0.273. The first-order valence-corrected chi connectivity index (χ1v) is 6.48. The highest BCUT2D eigenvalue weighted by atomic mass is 35.5. The van der Waals surface area contributed by atoms with Crippen molar-refractivity contribution >= 4 is 23.4 Å². The molecular formula is C11H12ClN3OS. The van der Waals surface area contributed by atoms with Crippen LogP contribution in [0.5, 0.6) is 0 Å². The maximum atomic E-state index is 5.89. The Morgan fingerprint density at radius 2 is 2.35 bits per heavy atom. The monoisotopic (exact) mass is 269 g/mol. The summed E-state index contributed by atoms with van der Waals surface area (Å²) in [6.07, 6.45) is 0. The van der Waals surface area contributed by atoms with Gasteiger partial charge in [-0.1, -0.05) is 22.8 Å². The van der Waals surface area contributed by atoms with E-state index in [4.69, 9.17) is 21.9 Å². The quantitative estimate of drug-likeness (QED) is 0.865. The third kappa shape index (κ3) is 3.46. The predicted molar refractivity (Wildman–Crippen MR) is 67.9 cm³/mol. The van der Waals surface area contributed by atoms with Crippen LogP contribution in [0, 0.1) is 0 Å². The van der Waals surface area contributed by atoms with Gasteiger partial charge in [0.25, 0.3) is 0 Å². The van der Waals surface area contributed by atoms with Gasteiger partial charge in [-0.15, -0.1) is 11.8 Å². The first-order valence-electron chi connectivity index (χ1n) is 5.11. The molecule has 90 valence electrons. The molecule has 0 spiro atoms. The molecule has 0 radical (unpaired) electrons. The summed E-state index contributed by atoms with van der Waals surface area (Å²) in [4.78, 5) is 5.26. The lowest BCUT2D eigenvalue weighted by molar-refractivity contribution is 0.358. The average Bonchev–Trinajstić information content (AvgIpc) is 2.75. The fourth-order valence-corrected chi connectivity index (χ4v) is 2.27. The lowest BCUT2D eigenvalue weighted by Crippen LogP contribution is -2.05. The first-order chi connectivity index (χ1) is 8.15. The molecule has 0 aliphatic carbocycles. The van der Waals surface area contributed by atoms with E-state index in [1.165, 1.54) is 0 Å². The average molecular weight is 270 g/mol. The lowest BCUT2D eigenvalue weighted by Gasteiger charge is -1.98. The van der Waals surface area contributed by atoms with Gasteiger partial charge in [-0.2, -0.15) is 4.98 Å². The molecule has 0 aliphatic rings. The molecule has 1 heterocycles. The van der Waals surface area contributed by atoms with E-state index in [1.807, 2.05) is 24.3 Å². The van der Waals surface area contributed by atoms with Crippen LogP contribution in [0.15, 0.2) is 33.7 Å². The van der Waals surface area contributed by atoms with Crippen LogP contribution in [0.4, 0.5) is 0 Å². The van der Waals surface area contributed by atoms with Crippen LogP contribution < -0.4 is 5.73 Å². The molecule has 0 bridgehead atoms. The minimum absolute atomic E-state index is 0.229. The summed E-state index contributed by atoms with van der Waals surface area (Å²) >= 11 is 7.50. The second-order valence-electron chi connectivity index (χ2n) is 3.58. The molecule has 1 atom stereocenters. The molecule has 2 rings (SSSR count). The summed E-state index contributed by atoms with van der Waals surface area (Å²) in [5.74, 6) is 1.74. The highest BCUT2D eigenvalue weighted by Crippen LogP contribution is 2.24. The van der Waals surface area contributed by atoms with E-state index in [1.54, 1.807) is 18.7 Å². The lowest BCUT2D eigenvalue weighted by atomic mass is 10.4. The largest absolute Gasteiger partial charge is 0.338 e. The molecule has 0 saturated carbocycles. The number of hydrogen-bond donors (Lipinski definition) is 1. The normalized spacial score (nSPS) is 12.6. The molecule has 0 fully saturated rings. The SMILES string of the molecule is C[C@@H](N)c1nc(CSc2cccc(Cl)c2)no1. The Kier molecular flexibility index (Phi) is 4.04. The van der Waals surface area contributed by atoms with Gasteiger partial charge in [-0.05, 0) is 25.1 Å². The van der Waals surface area contributed by atoms with Gasteiger partial charge < -0.3 is 10.3 Å². The van der Waals surface area contributed by atoms with E-state index in [0.29, 0.717) is 17.5 Å². The van der Waals surface area contributed by atoms with Crippen LogP contribution >= 0.6 is 23.4 Å². The number of rotatable bonds is 4. The van der Waals surface area contributed by atoms with Gasteiger partial charge in [-0.3, -0.25) is 0 Å². The standard InChI is InChI=1S/C11H12ClN3OS/c1-7(13)11-14-10(15-16-11)6-17-9-4-2-3-8(12)5-9/h2-5,7H,6,13H2,1H3/t7-/m1/s1. The van der Waals surface area contributed by atoms with Crippen molar-refractivity contribution in [1.82, 2.24) is 10.1 Å². The third-order valence-electron chi connectivity index (χ3n) is 2.04. The Morgan fingerprint density at radius 1 is 1.53 bits per heavy atom. The zero-order valence-electron chi connectivity index (χ0n) is 9.26. The van der Waals surface area contributed by atoms with Gasteiger partial charge in [0.05, 0.1) is 11.8 Å².